The van der Waals surface area contributed by atoms with Crippen molar-refractivity contribution in [3.8, 4) is 0 Å². The van der Waals surface area contributed by atoms with E-state index in [9.17, 15) is 4.79 Å². The van der Waals surface area contributed by atoms with Crippen molar-refractivity contribution >= 4 is 11.6 Å². The summed E-state index contributed by atoms with van der Waals surface area (Å²) in [6.45, 7) is 2.25. The lowest BCUT2D eigenvalue weighted by molar-refractivity contribution is -0.118. The summed E-state index contributed by atoms with van der Waals surface area (Å²) in [5.41, 5.74) is 2.23. The first kappa shape index (κ1) is 14.6. The van der Waals surface area contributed by atoms with Gasteiger partial charge in [-0.25, -0.2) is 0 Å². The first-order valence-corrected chi connectivity index (χ1v) is 8.39. The molecule has 0 bridgehead atoms. The zero-order valence-corrected chi connectivity index (χ0v) is 12.9. The molecule has 2 N–H and O–H groups in total. The highest BCUT2D eigenvalue weighted by molar-refractivity contribution is 5.96. The summed E-state index contributed by atoms with van der Waals surface area (Å²) in [7, 11) is 0. The van der Waals surface area contributed by atoms with Crippen LogP contribution in [0.15, 0.2) is 24.3 Å². The number of amides is 1. The van der Waals surface area contributed by atoms with Gasteiger partial charge >= 0.3 is 0 Å². The summed E-state index contributed by atoms with van der Waals surface area (Å²) in [6, 6.07) is 8.51. The predicted molar refractivity (Wildman–Crippen MR) is 86.4 cm³/mol. The van der Waals surface area contributed by atoms with Crippen LogP contribution in [0, 0.1) is 5.92 Å². The fourth-order valence-electron chi connectivity index (χ4n) is 3.76. The molecule has 2 atom stereocenters. The van der Waals surface area contributed by atoms with Gasteiger partial charge in [-0.2, -0.15) is 0 Å². The number of hydrogen-bond donors (Lipinski definition) is 2. The van der Waals surface area contributed by atoms with E-state index < -0.39 is 0 Å². The molecule has 114 valence electrons. The van der Waals surface area contributed by atoms with Crippen LogP contribution in [0.1, 0.15) is 51.0 Å². The summed E-state index contributed by atoms with van der Waals surface area (Å²) < 4.78 is 0. The van der Waals surface area contributed by atoms with E-state index in [1.807, 2.05) is 18.2 Å². The van der Waals surface area contributed by atoms with Gasteiger partial charge in [0, 0.05) is 11.7 Å². The van der Waals surface area contributed by atoms with E-state index >= 15 is 0 Å². The Bertz CT molecular complexity index is 494. The molecule has 3 rings (SSSR count). The number of hydrogen-bond acceptors (Lipinski definition) is 2. The smallest absolute Gasteiger partial charge is 0.241 e. The molecule has 1 amide bonds. The van der Waals surface area contributed by atoms with Crippen LogP contribution in [0.25, 0.3) is 0 Å². The van der Waals surface area contributed by atoms with Gasteiger partial charge < -0.3 is 10.6 Å². The third kappa shape index (κ3) is 3.46. The Morgan fingerprint density at radius 3 is 2.71 bits per heavy atom. The molecule has 1 aromatic carbocycles. The summed E-state index contributed by atoms with van der Waals surface area (Å²) in [5, 5.41) is 6.68. The zero-order valence-electron chi connectivity index (χ0n) is 12.9. The second-order valence-corrected chi connectivity index (χ2v) is 6.59. The number of rotatable bonds is 3. The lowest BCUT2D eigenvalue weighted by Gasteiger charge is -2.31. The van der Waals surface area contributed by atoms with Gasteiger partial charge in [0.1, 0.15) is 0 Å². The first-order chi connectivity index (χ1) is 10.2. The molecule has 1 aliphatic heterocycles. The van der Waals surface area contributed by atoms with E-state index in [4.69, 9.17) is 0 Å². The molecule has 0 saturated heterocycles. The van der Waals surface area contributed by atoms with Crippen molar-refractivity contribution in [2.45, 2.75) is 64.0 Å². The van der Waals surface area contributed by atoms with E-state index in [0.29, 0.717) is 6.04 Å². The molecular formula is C18H26N2O. The molecule has 0 spiro atoms. The Balaban J connectivity index is 1.62. The van der Waals surface area contributed by atoms with Gasteiger partial charge in [-0.15, -0.1) is 0 Å². The number of benzene rings is 1. The SMILES string of the molecule is CC(NC1CCc2ccccc2NC1=O)C1CCCCC1. The molecule has 3 nitrogen and oxygen atoms in total. The summed E-state index contributed by atoms with van der Waals surface area (Å²) in [6.07, 6.45) is 8.54. The number of para-hydroxylation sites is 1. The molecule has 1 fully saturated rings. The van der Waals surface area contributed by atoms with Crippen molar-refractivity contribution in [1.82, 2.24) is 5.32 Å². The van der Waals surface area contributed by atoms with Gasteiger partial charge in [0.05, 0.1) is 6.04 Å². The monoisotopic (exact) mass is 286 g/mol. The molecule has 1 aliphatic carbocycles. The van der Waals surface area contributed by atoms with E-state index in [1.165, 1.54) is 37.7 Å². The van der Waals surface area contributed by atoms with E-state index in [2.05, 4.69) is 23.6 Å². The van der Waals surface area contributed by atoms with Gasteiger partial charge in [0.15, 0.2) is 0 Å². The summed E-state index contributed by atoms with van der Waals surface area (Å²) in [4.78, 5) is 12.4. The Morgan fingerprint density at radius 2 is 1.90 bits per heavy atom. The van der Waals surface area contributed by atoms with Crippen LogP contribution in [0.2, 0.25) is 0 Å². The molecule has 2 unspecified atom stereocenters. The summed E-state index contributed by atoms with van der Waals surface area (Å²) >= 11 is 0. The fraction of sp³-hybridized carbons (Fsp3) is 0.611. The van der Waals surface area contributed by atoms with Gasteiger partial charge in [-0.05, 0) is 50.2 Å². The van der Waals surface area contributed by atoms with Crippen LogP contribution in [0.3, 0.4) is 0 Å². The van der Waals surface area contributed by atoms with Crippen molar-refractivity contribution in [3.05, 3.63) is 29.8 Å². The molecular weight excluding hydrogens is 260 g/mol. The van der Waals surface area contributed by atoms with Crippen molar-refractivity contribution < 1.29 is 4.79 Å². The van der Waals surface area contributed by atoms with E-state index in [1.54, 1.807) is 0 Å². The Hall–Kier alpha value is -1.35. The minimum absolute atomic E-state index is 0.0608. The predicted octanol–water partition coefficient (Wildman–Crippen LogP) is 3.50. The molecule has 1 heterocycles. The number of nitrogens with one attached hydrogen (secondary N) is 2. The van der Waals surface area contributed by atoms with E-state index in [0.717, 1.165) is 24.4 Å². The average molecular weight is 286 g/mol. The average Bonchev–Trinajstić information content (AvgIpc) is 2.67. The standard InChI is InChI=1S/C18H26N2O/c1-13(14-7-3-2-4-8-14)19-17-12-11-15-9-5-6-10-16(15)20-18(17)21/h5-6,9-10,13-14,17,19H,2-4,7-8,11-12H2,1H3,(H,20,21). The minimum Gasteiger partial charge on any atom is -0.324 e. The lowest BCUT2D eigenvalue weighted by Crippen LogP contribution is -2.47. The molecule has 1 aromatic rings. The maximum Gasteiger partial charge on any atom is 0.241 e. The maximum atomic E-state index is 12.4. The quantitative estimate of drug-likeness (QED) is 0.893. The van der Waals surface area contributed by atoms with Crippen LogP contribution in [0.4, 0.5) is 5.69 Å². The van der Waals surface area contributed by atoms with Crippen molar-refractivity contribution in [2.24, 2.45) is 5.92 Å². The van der Waals surface area contributed by atoms with Crippen molar-refractivity contribution in [1.29, 1.82) is 0 Å². The van der Waals surface area contributed by atoms with Crippen LogP contribution in [-0.2, 0) is 11.2 Å². The topological polar surface area (TPSA) is 41.1 Å². The van der Waals surface area contributed by atoms with Crippen LogP contribution in [0.5, 0.6) is 0 Å². The number of anilines is 1. The van der Waals surface area contributed by atoms with E-state index in [-0.39, 0.29) is 11.9 Å². The van der Waals surface area contributed by atoms with Crippen LogP contribution >= 0.6 is 0 Å². The number of carbonyl (C=O) groups excluding carboxylic acids is 1. The van der Waals surface area contributed by atoms with Crippen LogP contribution < -0.4 is 10.6 Å². The van der Waals surface area contributed by atoms with Crippen molar-refractivity contribution in [3.63, 3.8) is 0 Å². The summed E-state index contributed by atoms with van der Waals surface area (Å²) in [5.74, 6) is 0.861. The molecule has 21 heavy (non-hydrogen) atoms. The van der Waals surface area contributed by atoms with Gasteiger partial charge in [-0.3, -0.25) is 4.79 Å². The van der Waals surface area contributed by atoms with Gasteiger partial charge in [0.25, 0.3) is 0 Å². The normalized spacial score (nSPS) is 24.8. The molecule has 3 heteroatoms. The third-order valence-corrected chi connectivity index (χ3v) is 5.12. The fourth-order valence-corrected chi connectivity index (χ4v) is 3.76. The third-order valence-electron chi connectivity index (χ3n) is 5.12. The Labute approximate surface area is 127 Å². The number of aryl methyl sites for hydroxylation is 1. The highest BCUT2D eigenvalue weighted by atomic mass is 16.2. The number of carbonyl (C=O) groups is 1. The van der Waals surface area contributed by atoms with Gasteiger partial charge in [0.2, 0.25) is 5.91 Å². The molecule has 0 aromatic heterocycles. The second kappa shape index (κ2) is 6.61. The largest absolute Gasteiger partial charge is 0.324 e. The number of fused-ring (bicyclic) bond motifs is 1. The Kier molecular flexibility index (Phi) is 4.59. The molecule has 1 saturated carbocycles. The van der Waals surface area contributed by atoms with Crippen LogP contribution in [-0.4, -0.2) is 18.0 Å². The minimum atomic E-state index is -0.0608. The van der Waals surface area contributed by atoms with Gasteiger partial charge in [-0.1, -0.05) is 37.5 Å². The highest BCUT2D eigenvalue weighted by Crippen LogP contribution is 2.27. The maximum absolute atomic E-state index is 12.4. The lowest BCUT2D eigenvalue weighted by atomic mass is 9.84. The highest BCUT2D eigenvalue weighted by Gasteiger charge is 2.27. The molecule has 2 aliphatic rings. The zero-order chi connectivity index (χ0) is 14.7. The first-order valence-electron chi connectivity index (χ1n) is 8.39. The second-order valence-electron chi connectivity index (χ2n) is 6.59. The molecule has 0 radical (unpaired) electrons. The Morgan fingerprint density at radius 1 is 1.14 bits per heavy atom. The van der Waals surface area contributed by atoms with Crippen molar-refractivity contribution in [2.75, 3.05) is 5.32 Å².